The molecule has 0 bridgehead atoms. The summed E-state index contributed by atoms with van der Waals surface area (Å²) in [5.74, 6) is 1.21. The summed E-state index contributed by atoms with van der Waals surface area (Å²) >= 11 is 0. The molecular weight excluding hydrogens is 184 g/mol. The van der Waals surface area contributed by atoms with Gasteiger partial charge in [-0.25, -0.2) is 0 Å². The predicted octanol–water partition coefficient (Wildman–Crippen LogP) is 2.29. The second-order valence-corrected chi connectivity index (χ2v) is 5.32. The zero-order valence-electron chi connectivity index (χ0n) is 9.33. The first-order valence-corrected chi connectivity index (χ1v) is 5.53. The molecule has 2 heteroatoms. The summed E-state index contributed by atoms with van der Waals surface area (Å²) in [5.41, 5.74) is 3.09. The van der Waals surface area contributed by atoms with Crippen LogP contribution in [0.3, 0.4) is 0 Å². The molecule has 2 aliphatic rings. The van der Waals surface area contributed by atoms with Crippen LogP contribution < -0.4 is 0 Å². The van der Waals surface area contributed by atoms with Gasteiger partial charge in [0.1, 0.15) is 5.84 Å². The van der Waals surface area contributed by atoms with E-state index in [2.05, 4.69) is 43.0 Å². The fourth-order valence-electron chi connectivity index (χ4n) is 2.50. The Morgan fingerprint density at radius 3 is 2.93 bits per heavy atom. The molecule has 1 aromatic carbocycles. The largest absolute Gasteiger partial charge is 0.351 e. The van der Waals surface area contributed by atoms with Gasteiger partial charge >= 0.3 is 0 Å². The van der Waals surface area contributed by atoms with E-state index in [0.29, 0.717) is 5.41 Å². The zero-order valence-corrected chi connectivity index (χ0v) is 9.33. The van der Waals surface area contributed by atoms with Gasteiger partial charge in [-0.2, -0.15) is 0 Å². The summed E-state index contributed by atoms with van der Waals surface area (Å²) < 4.78 is 0. The average molecular weight is 200 g/mol. The normalized spacial score (nSPS) is 22.0. The number of amidine groups is 1. The molecule has 1 aromatic rings. The van der Waals surface area contributed by atoms with Crippen molar-refractivity contribution in [1.29, 1.82) is 0 Å². The molecule has 0 saturated heterocycles. The van der Waals surface area contributed by atoms with Crippen LogP contribution in [0.2, 0.25) is 0 Å². The molecule has 0 fully saturated rings. The van der Waals surface area contributed by atoms with Crippen molar-refractivity contribution >= 4 is 5.84 Å². The van der Waals surface area contributed by atoms with Gasteiger partial charge in [0.2, 0.25) is 0 Å². The minimum Gasteiger partial charge on any atom is -0.351 e. The van der Waals surface area contributed by atoms with Crippen LogP contribution in [-0.2, 0) is 6.54 Å². The van der Waals surface area contributed by atoms with Crippen LogP contribution in [0.25, 0.3) is 0 Å². The lowest BCUT2D eigenvalue weighted by Crippen LogP contribution is -2.41. The molecule has 2 aliphatic heterocycles. The van der Waals surface area contributed by atoms with Crippen LogP contribution in [0.1, 0.15) is 25.0 Å². The van der Waals surface area contributed by atoms with Gasteiger partial charge in [-0.3, -0.25) is 4.99 Å². The van der Waals surface area contributed by atoms with Crippen LogP contribution in [0.5, 0.6) is 0 Å². The number of benzene rings is 1. The van der Waals surface area contributed by atoms with Crippen molar-refractivity contribution < 1.29 is 0 Å². The van der Waals surface area contributed by atoms with E-state index in [9.17, 15) is 0 Å². The molecule has 0 saturated carbocycles. The molecule has 0 amide bonds. The number of fused-ring (bicyclic) bond motifs is 3. The van der Waals surface area contributed by atoms with E-state index in [1.807, 2.05) is 0 Å². The molecule has 0 aromatic heterocycles. The van der Waals surface area contributed by atoms with Crippen molar-refractivity contribution in [3.63, 3.8) is 0 Å². The van der Waals surface area contributed by atoms with Gasteiger partial charge in [0.15, 0.2) is 0 Å². The maximum atomic E-state index is 4.73. The third-order valence-electron chi connectivity index (χ3n) is 3.19. The van der Waals surface area contributed by atoms with Gasteiger partial charge < -0.3 is 4.90 Å². The molecule has 0 atom stereocenters. The van der Waals surface area contributed by atoms with Crippen LogP contribution in [-0.4, -0.2) is 23.8 Å². The molecule has 0 aliphatic carbocycles. The monoisotopic (exact) mass is 200 g/mol. The number of hydrogen-bond acceptors (Lipinski definition) is 2. The van der Waals surface area contributed by atoms with E-state index >= 15 is 0 Å². The summed E-state index contributed by atoms with van der Waals surface area (Å²) in [6.45, 7) is 7.69. The van der Waals surface area contributed by atoms with E-state index in [0.717, 1.165) is 19.6 Å². The van der Waals surface area contributed by atoms with Crippen LogP contribution in [0.15, 0.2) is 29.3 Å². The molecule has 0 spiro atoms. The van der Waals surface area contributed by atoms with E-state index in [4.69, 9.17) is 4.99 Å². The van der Waals surface area contributed by atoms with Crippen LogP contribution in [0.4, 0.5) is 0 Å². The van der Waals surface area contributed by atoms with Crippen molar-refractivity contribution in [2.24, 2.45) is 10.4 Å². The highest BCUT2D eigenvalue weighted by Crippen LogP contribution is 2.31. The topological polar surface area (TPSA) is 15.6 Å². The summed E-state index contributed by atoms with van der Waals surface area (Å²) in [5, 5.41) is 0. The summed E-state index contributed by atoms with van der Waals surface area (Å²) in [6, 6.07) is 8.61. The third-order valence-corrected chi connectivity index (χ3v) is 3.19. The fraction of sp³-hybridized carbons (Fsp3) is 0.462. The third kappa shape index (κ3) is 1.36. The summed E-state index contributed by atoms with van der Waals surface area (Å²) in [4.78, 5) is 7.14. The Kier molecular flexibility index (Phi) is 1.70. The fourth-order valence-corrected chi connectivity index (χ4v) is 2.50. The van der Waals surface area contributed by atoms with Crippen molar-refractivity contribution in [1.82, 2.24) is 4.90 Å². The van der Waals surface area contributed by atoms with E-state index in [1.54, 1.807) is 0 Å². The maximum absolute atomic E-state index is 4.73. The second kappa shape index (κ2) is 2.84. The van der Waals surface area contributed by atoms with Gasteiger partial charge in [-0.15, -0.1) is 0 Å². The Morgan fingerprint density at radius 2 is 2.07 bits per heavy atom. The van der Waals surface area contributed by atoms with Crippen LogP contribution >= 0.6 is 0 Å². The lowest BCUT2D eigenvalue weighted by molar-refractivity contribution is 0.242. The molecule has 2 nitrogen and oxygen atoms in total. The Bertz CT molecular complexity index is 432. The first kappa shape index (κ1) is 8.96. The first-order valence-electron chi connectivity index (χ1n) is 5.53. The molecule has 15 heavy (non-hydrogen) atoms. The van der Waals surface area contributed by atoms with E-state index in [1.165, 1.54) is 17.0 Å². The Morgan fingerprint density at radius 1 is 1.27 bits per heavy atom. The highest BCUT2D eigenvalue weighted by atomic mass is 15.2. The lowest BCUT2D eigenvalue weighted by Gasteiger charge is -2.34. The molecule has 0 N–H and O–H groups in total. The van der Waals surface area contributed by atoms with Gasteiger partial charge in [0.05, 0.1) is 0 Å². The van der Waals surface area contributed by atoms with E-state index in [-0.39, 0.29) is 0 Å². The summed E-state index contributed by atoms with van der Waals surface area (Å²) in [6.07, 6.45) is 0. The number of nitrogens with zero attached hydrogens (tertiary/aromatic N) is 2. The van der Waals surface area contributed by atoms with E-state index < -0.39 is 0 Å². The Labute approximate surface area is 90.6 Å². The molecular formula is C13H16N2. The lowest BCUT2D eigenvalue weighted by atomic mass is 9.91. The van der Waals surface area contributed by atoms with Crippen molar-refractivity contribution in [2.75, 3.05) is 13.1 Å². The maximum Gasteiger partial charge on any atom is 0.131 e. The van der Waals surface area contributed by atoms with Crippen molar-refractivity contribution in [3.05, 3.63) is 35.4 Å². The first-order chi connectivity index (χ1) is 7.16. The molecule has 2 heterocycles. The van der Waals surface area contributed by atoms with Gasteiger partial charge in [0, 0.05) is 30.6 Å². The predicted molar refractivity (Wildman–Crippen MR) is 62.0 cm³/mol. The summed E-state index contributed by atoms with van der Waals surface area (Å²) in [7, 11) is 0. The number of hydrogen-bond donors (Lipinski definition) is 0. The Hall–Kier alpha value is -1.31. The minimum absolute atomic E-state index is 0.325. The highest BCUT2D eigenvalue weighted by Gasteiger charge is 2.33. The van der Waals surface area contributed by atoms with Gasteiger partial charge in [-0.1, -0.05) is 38.1 Å². The van der Waals surface area contributed by atoms with Crippen molar-refractivity contribution in [3.8, 4) is 0 Å². The molecule has 3 rings (SSSR count). The number of rotatable bonds is 0. The minimum atomic E-state index is 0.325. The average Bonchev–Trinajstić information content (AvgIpc) is 2.52. The Balaban J connectivity index is 2.04. The standard InChI is InChI=1S/C13H16N2/c1-13(2)8-14-12-11-6-4-3-5-10(11)7-15(12)9-13/h3-6H,7-9H2,1-2H3. The van der Waals surface area contributed by atoms with Gasteiger partial charge in [0.25, 0.3) is 0 Å². The highest BCUT2D eigenvalue weighted by molar-refractivity contribution is 6.02. The smallest absolute Gasteiger partial charge is 0.131 e. The molecule has 0 radical (unpaired) electrons. The second-order valence-electron chi connectivity index (χ2n) is 5.32. The number of aliphatic imine (C=N–C) groups is 1. The van der Waals surface area contributed by atoms with Gasteiger partial charge in [-0.05, 0) is 5.56 Å². The molecule has 78 valence electrons. The van der Waals surface area contributed by atoms with Crippen molar-refractivity contribution in [2.45, 2.75) is 20.4 Å². The molecule has 0 unspecified atom stereocenters. The SMILES string of the molecule is CC1(C)CN=C2c3ccccc3CN2C1. The quantitative estimate of drug-likeness (QED) is 0.627. The van der Waals surface area contributed by atoms with Crippen LogP contribution in [0, 0.1) is 5.41 Å². The zero-order chi connectivity index (χ0) is 10.5.